The number of anilines is 1. The van der Waals surface area contributed by atoms with Crippen LogP contribution in [0.3, 0.4) is 0 Å². The first-order chi connectivity index (χ1) is 12.0. The fraction of sp³-hybridized carbons (Fsp3) is 0.526. The van der Waals surface area contributed by atoms with E-state index in [4.69, 9.17) is 0 Å². The fourth-order valence-electron chi connectivity index (χ4n) is 4.15. The minimum Gasteiger partial charge on any atom is -0.481 e. The fourth-order valence-corrected chi connectivity index (χ4v) is 4.15. The smallest absolute Gasteiger partial charge is 0.308 e. The van der Waals surface area contributed by atoms with Crippen molar-refractivity contribution < 1.29 is 19.5 Å². The number of nitrogens with zero attached hydrogens (tertiary/aromatic N) is 2. The number of carbonyl (C=O) groups excluding carboxylic acids is 2. The van der Waals surface area contributed by atoms with Gasteiger partial charge in [0.2, 0.25) is 5.91 Å². The van der Waals surface area contributed by atoms with E-state index < -0.39 is 11.9 Å². The van der Waals surface area contributed by atoms with Gasteiger partial charge in [-0.3, -0.25) is 14.4 Å². The average Bonchev–Trinajstić information content (AvgIpc) is 3.20. The molecule has 0 bridgehead atoms. The third kappa shape index (κ3) is 3.01. The summed E-state index contributed by atoms with van der Waals surface area (Å²) in [7, 11) is 0. The number of benzene rings is 1. The van der Waals surface area contributed by atoms with Crippen LogP contribution in [0.15, 0.2) is 24.3 Å². The summed E-state index contributed by atoms with van der Waals surface area (Å²) < 4.78 is 0. The highest BCUT2D eigenvalue weighted by Crippen LogP contribution is 2.44. The number of carboxylic acids is 1. The van der Waals surface area contributed by atoms with Gasteiger partial charge in [-0.15, -0.1) is 0 Å². The lowest BCUT2D eigenvalue weighted by atomic mass is 9.92. The van der Waals surface area contributed by atoms with Gasteiger partial charge in [-0.05, 0) is 55.4 Å². The van der Waals surface area contributed by atoms with Gasteiger partial charge in [0.1, 0.15) is 0 Å². The lowest BCUT2D eigenvalue weighted by Crippen LogP contribution is -2.30. The number of likely N-dealkylation sites (tertiary alicyclic amines) is 1. The Hall–Kier alpha value is -2.37. The summed E-state index contributed by atoms with van der Waals surface area (Å²) in [6, 6.07) is 7.09. The lowest BCUT2D eigenvalue weighted by Gasteiger charge is -2.18. The van der Waals surface area contributed by atoms with Crippen LogP contribution < -0.4 is 4.90 Å². The third-order valence-corrected chi connectivity index (χ3v) is 5.70. The Morgan fingerprint density at radius 3 is 2.36 bits per heavy atom. The summed E-state index contributed by atoms with van der Waals surface area (Å²) in [5.41, 5.74) is 1.37. The first-order valence-electron chi connectivity index (χ1n) is 8.97. The molecular weight excluding hydrogens is 320 g/mol. The second kappa shape index (κ2) is 6.17. The Bertz CT molecular complexity index is 711. The van der Waals surface area contributed by atoms with E-state index >= 15 is 0 Å². The molecule has 0 aromatic heterocycles. The highest BCUT2D eigenvalue weighted by atomic mass is 16.4. The van der Waals surface area contributed by atoms with Gasteiger partial charge < -0.3 is 14.9 Å². The Morgan fingerprint density at radius 1 is 1.08 bits per heavy atom. The summed E-state index contributed by atoms with van der Waals surface area (Å²) in [6.45, 7) is 1.55. The van der Waals surface area contributed by atoms with Crippen LogP contribution in [0, 0.1) is 17.8 Å². The Labute approximate surface area is 146 Å². The predicted octanol–water partition coefficient (Wildman–Crippen LogP) is 2.00. The zero-order chi connectivity index (χ0) is 17.6. The maximum Gasteiger partial charge on any atom is 0.308 e. The van der Waals surface area contributed by atoms with E-state index in [-0.39, 0.29) is 17.7 Å². The van der Waals surface area contributed by atoms with Crippen molar-refractivity contribution in [1.29, 1.82) is 0 Å². The summed E-state index contributed by atoms with van der Waals surface area (Å²) in [4.78, 5) is 39.5. The molecule has 0 unspecified atom stereocenters. The van der Waals surface area contributed by atoms with Crippen LogP contribution in [0.25, 0.3) is 0 Å². The minimum absolute atomic E-state index is 0.0861. The van der Waals surface area contributed by atoms with Crippen molar-refractivity contribution in [2.45, 2.75) is 25.7 Å². The number of hydrogen-bond donors (Lipinski definition) is 1. The molecule has 2 atom stereocenters. The molecule has 2 heterocycles. The van der Waals surface area contributed by atoms with Crippen LogP contribution in [-0.4, -0.2) is 47.4 Å². The number of aliphatic carboxylic acids is 1. The standard InChI is InChI=1S/C19H22N2O4/c22-17-2-1-9-21(17)14-7-5-13(6-8-14)18(23)20-10-15(12-3-4-12)16(11-20)19(24)25/h5-8,12,15-16H,1-4,9-11H2,(H,24,25)/t15-,16+/m1/s1. The molecule has 132 valence electrons. The molecule has 4 rings (SSSR count). The molecule has 1 N–H and O–H groups in total. The Balaban J connectivity index is 1.47. The van der Waals surface area contributed by atoms with Crippen molar-refractivity contribution >= 4 is 23.5 Å². The summed E-state index contributed by atoms with van der Waals surface area (Å²) in [5, 5.41) is 9.44. The number of carbonyl (C=O) groups is 3. The van der Waals surface area contributed by atoms with E-state index in [0.717, 1.165) is 31.5 Å². The van der Waals surface area contributed by atoms with Gasteiger partial charge in [-0.2, -0.15) is 0 Å². The maximum absolute atomic E-state index is 12.8. The van der Waals surface area contributed by atoms with Crippen molar-refractivity contribution in [3.8, 4) is 0 Å². The SMILES string of the molecule is O=C(O)[C@H]1CN(C(=O)c2ccc(N3CCCC3=O)cc2)C[C@@H]1C1CC1. The van der Waals surface area contributed by atoms with E-state index in [2.05, 4.69) is 0 Å². The molecule has 0 spiro atoms. The lowest BCUT2D eigenvalue weighted by molar-refractivity contribution is -0.142. The molecule has 25 heavy (non-hydrogen) atoms. The quantitative estimate of drug-likeness (QED) is 0.908. The number of amides is 2. The number of carboxylic acid groups (broad SMARTS) is 1. The normalized spacial score (nSPS) is 26.3. The number of hydrogen-bond acceptors (Lipinski definition) is 3. The molecule has 6 heteroatoms. The van der Waals surface area contributed by atoms with Crippen molar-refractivity contribution in [1.82, 2.24) is 4.90 Å². The van der Waals surface area contributed by atoms with Crippen LogP contribution in [0.1, 0.15) is 36.0 Å². The van der Waals surface area contributed by atoms with Gasteiger partial charge in [0.25, 0.3) is 5.91 Å². The highest BCUT2D eigenvalue weighted by Gasteiger charge is 2.46. The first kappa shape index (κ1) is 16.1. The second-order valence-electron chi connectivity index (χ2n) is 7.35. The molecule has 2 saturated heterocycles. The molecule has 3 aliphatic rings. The van der Waals surface area contributed by atoms with Gasteiger partial charge >= 0.3 is 5.97 Å². The molecule has 2 aliphatic heterocycles. The van der Waals surface area contributed by atoms with E-state index in [1.165, 1.54) is 0 Å². The zero-order valence-corrected chi connectivity index (χ0v) is 14.1. The van der Waals surface area contributed by atoms with Gasteiger partial charge in [0.05, 0.1) is 5.92 Å². The minimum atomic E-state index is -0.796. The van der Waals surface area contributed by atoms with Crippen molar-refractivity contribution in [2.24, 2.45) is 17.8 Å². The van der Waals surface area contributed by atoms with E-state index in [9.17, 15) is 19.5 Å². The molecule has 1 aromatic rings. The second-order valence-corrected chi connectivity index (χ2v) is 7.35. The summed E-state index contributed by atoms with van der Waals surface area (Å²) in [6.07, 6.45) is 3.60. The highest BCUT2D eigenvalue weighted by molar-refractivity contribution is 5.98. The zero-order valence-electron chi connectivity index (χ0n) is 14.1. The van der Waals surface area contributed by atoms with Gasteiger partial charge in [0.15, 0.2) is 0 Å². The van der Waals surface area contributed by atoms with E-state index in [1.54, 1.807) is 34.1 Å². The monoisotopic (exact) mass is 342 g/mol. The van der Waals surface area contributed by atoms with Crippen LogP contribution in [0.4, 0.5) is 5.69 Å². The topological polar surface area (TPSA) is 77.9 Å². The van der Waals surface area contributed by atoms with Crippen LogP contribution >= 0.6 is 0 Å². The molecule has 2 amide bonds. The van der Waals surface area contributed by atoms with Crippen LogP contribution in [0.5, 0.6) is 0 Å². The molecule has 1 saturated carbocycles. The summed E-state index contributed by atoms with van der Waals surface area (Å²) in [5.74, 6) is -0.692. The van der Waals surface area contributed by atoms with E-state index in [0.29, 0.717) is 31.0 Å². The van der Waals surface area contributed by atoms with Gasteiger partial charge in [-0.25, -0.2) is 0 Å². The summed E-state index contributed by atoms with van der Waals surface area (Å²) >= 11 is 0. The average molecular weight is 342 g/mol. The Kier molecular flexibility index (Phi) is 3.98. The Morgan fingerprint density at radius 2 is 1.80 bits per heavy atom. The molecule has 0 radical (unpaired) electrons. The van der Waals surface area contributed by atoms with Gasteiger partial charge in [0, 0.05) is 37.3 Å². The van der Waals surface area contributed by atoms with Crippen molar-refractivity contribution in [3.63, 3.8) is 0 Å². The van der Waals surface area contributed by atoms with E-state index in [1.807, 2.05) is 0 Å². The largest absolute Gasteiger partial charge is 0.481 e. The molecule has 6 nitrogen and oxygen atoms in total. The first-order valence-corrected chi connectivity index (χ1v) is 8.97. The number of rotatable bonds is 4. The molecule has 1 aliphatic carbocycles. The van der Waals surface area contributed by atoms with Crippen molar-refractivity contribution in [2.75, 3.05) is 24.5 Å². The molecular formula is C19H22N2O4. The predicted molar refractivity (Wildman–Crippen MR) is 91.3 cm³/mol. The third-order valence-electron chi connectivity index (χ3n) is 5.70. The van der Waals surface area contributed by atoms with Crippen LogP contribution in [-0.2, 0) is 9.59 Å². The van der Waals surface area contributed by atoms with Crippen LogP contribution in [0.2, 0.25) is 0 Å². The van der Waals surface area contributed by atoms with Crippen molar-refractivity contribution in [3.05, 3.63) is 29.8 Å². The molecule has 1 aromatic carbocycles. The van der Waals surface area contributed by atoms with Gasteiger partial charge in [-0.1, -0.05) is 0 Å². The maximum atomic E-state index is 12.8. The molecule has 3 fully saturated rings.